The Labute approximate surface area is 158 Å². The van der Waals surface area contributed by atoms with Crippen LogP contribution in [0.25, 0.3) is 0 Å². The summed E-state index contributed by atoms with van der Waals surface area (Å²) in [6.07, 6.45) is 0. The van der Waals surface area contributed by atoms with Crippen LogP contribution in [-0.4, -0.2) is 0 Å². The van der Waals surface area contributed by atoms with Gasteiger partial charge in [0.15, 0.2) is 26.2 Å². The molecule has 0 aromatic heterocycles. The van der Waals surface area contributed by atoms with Gasteiger partial charge >= 0.3 is 7.63 Å². The topological polar surface area (TPSA) is 27.7 Å². The quantitative estimate of drug-likeness (QED) is 0.442. The lowest BCUT2D eigenvalue weighted by atomic mass is 10.2. The first-order chi connectivity index (χ1) is 12.5. The van der Waals surface area contributed by atoms with Gasteiger partial charge in [-0.3, -0.25) is 13.6 Å². The highest BCUT2D eigenvalue weighted by molar-refractivity contribution is 8.17. The molecule has 3 aromatic carbocycles. The Morgan fingerprint density at radius 3 is 1.08 bits per heavy atom. The lowest BCUT2D eigenvalue weighted by molar-refractivity contribution is 0.376. The van der Waals surface area contributed by atoms with E-state index in [1.54, 1.807) is 0 Å². The van der Waals surface area contributed by atoms with Gasteiger partial charge in [-0.2, -0.15) is 0 Å². The van der Waals surface area contributed by atoms with E-state index in [1.807, 2.05) is 93.6 Å². The van der Waals surface area contributed by atoms with E-state index in [4.69, 9.17) is 13.6 Å². The zero-order valence-electron chi connectivity index (χ0n) is 15.2. The molecule has 3 nitrogen and oxygen atoms in total. The molecule has 0 amide bonds. The molecular formula is C21H23O3P2+. The lowest BCUT2D eigenvalue weighted by Crippen LogP contribution is -2.11. The van der Waals surface area contributed by atoms with Crippen molar-refractivity contribution in [1.82, 2.24) is 0 Å². The highest BCUT2D eigenvalue weighted by Gasteiger charge is 2.45. The molecule has 0 heterocycles. The Morgan fingerprint density at radius 1 is 0.538 bits per heavy atom. The monoisotopic (exact) mass is 385 g/mol. The molecule has 134 valence electrons. The van der Waals surface area contributed by atoms with Gasteiger partial charge in [-0.1, -0.05) is 54.6 Å². The molecule has 0 bridgehead atoms. The normalized spacial score (nSPS) is 11.1. The summed E-state index contributed by atoms with van der Waals surface area (Å²) < 4.78 is 18.8. The van der Waals surface area contributed by atoms with Crippen LogP contribution in [0, 0.1) is 20.8 Å². The van der Waals surface area contributed by atoms with Gasteiger partial charge in [0.05, 0.1) is 0 Å². The molecule has 0 aliphatic carbocycles. The molecule has 0 saturated heterocycles. The highest BCUT2D eigenvalue weighted by Crippen LogP contribution is 2.68. The third-order valence-electron chi connectivity index (χ3n) is 3.96. The van der Waals surface area contributed by atoms with Crippen LogP contribution >= 0.6 is 16.6 Å². The minimum atomic E-state index is -2.80. The van der Waals surface area contributed by atoms with E-state index in [0.29, 0.717) is 0 Å². The van der Waals surface area contributed by atoms with E-state index in [9.17, 15) is 0 Å². The van der Waals surface area contributed by atoms with E-state index in [1.165, 1.54) is 0 Å². The molecule has 0 aliphatic heterocycles. The second kappa shape index (κ2) is 8.08. The van der Waals surface area contributed by atoms with E-state index >= 15 is 0 Å². The maximum absolute atomic E-state index is 6.28. The summed E-state index contributed by atoms with van der Waals surface area (Å²) >= 11 is 0. The molecule has 0 spiro atoms. The van der Waals surface area contributed by atoms with Crippen LogP contribution in [0.1, 0.15) is 16.7 Å². The van der Waals surface area contributed by atoms with Crippen LogP contribution in [0.4, 0.5) is 0 Å². The standard InChI is InChI=1S/C21H23O3P2/c1-16-10-4-7-13-19(16)22-26(25,23-20-14-8-5-11-17(20)2)24-21-15-9-6-12-18(21)3/h4-15H,25H2,1-3H3/q+1. The fraction of sp³-hybridized carbons (Fsp3) is 0.143. The van der Waals surface area contributed by atoms with Gasteiger partial charge in [-0.25, -0.2) is 0 Å². The molecule has 3 aromatic rings. The number of para-hydroxylation sites is 3. The van der Waals surface area contributed by atoms with Crippen LogP contribution < -0.4 is 13.6 Å². The summed E-state index contributed by atoms with van der Waals surface area (Å²) in [6, 6.07) is 23.6. The van der Waals surface area contributed by atoms with E-state index < -0.39 is 7.63 Å². The average molecular weight is 385 g/mol. The molecule has 0 N–H and O–H groups in total. The van der Waals surface area contributed by atoms with Crippen molar-refractivity contribution in [3.05, 3.63) is 89.5 Å². The van der Waals surface area contributed by atoms with E-state index in [0.717, 1.165) is 33.9 Å². The number of rotatable bonds is 6. The predicted molar refractivity (Wildman–Crippen MR) is 112 cm³/mol. The Balaban J connectivity index is 1.96. The predicted octanol–water partition coefficient (Wildman–Crippen LogP) is 6.70. The fourth-order valence-electron chi connectivity index (χ4n) is 2.44. The zero-order chi connectivity index (χ0) is 18.6. The Kier molecular flexibility index (Phi) is 5.81. The van der Waals surface area contributed by atoms with Crippen molar-refractivity contribution in [2.45, 2.75) is 20.8 Å². The van der Waals surface area contributed by atoms with Crippen molar-refractivity contribution in [3.63, 3.8) is 0 Å². The third kappa shape index (κ3) is 4.55. The molecule has 1 atom stereocenters. The molecule has 0 fully saturated rings. The highest BCUT2D eigenvalue weighted by atomic mass is 32.1. The van der Waals surface area contributed by atoms with Crippen LogP contribution in [0.2, 0.25) is 0 Å². The van der Waals surface area contributed by atoms with Gasteiger partial charge in [-0.05, 0) is 55.7 Å². The first-order valence-corrected chi connectivity index (χ1v) is 11.6. The summed E-state index contributed by atoms with van der Waals surface area (Å²) in [6.45, 7) is 6.02. The average Bonchev–Trinajstić information content (AvgIpc) is 2.61. The molecule has 0 aliphatic rings. The first-order valence-electron chi connectivity index (χ1n) is 8.40. The van der Waals surface area contributed by atoms with Crippen molar-refractivity contribution >= 4 is 16.6 Å². The molecule has 1 unspecified atom stereocenters. The van der Waals surface area contributed by atoms with Gasteiger partial charge in [0.2, 0.25) is 0 Å². The summed E-state index contributed by atoms with van der Waals surface area (Å²) in [7, 11) is -0.124. The SMILES string of the molecule is Cc1ccccc1O[P+](P)(Oc1ccccc1C)Oc1ccccc1C. The molecule has 3 rings (SSSR count). The van der Waals surface area contributed by atoms with Crippen molar-refractivity contribution in [3.8, 4) is 17.2 Å². The van der Waals surface area contributed by atoms with Crippen molar-refractivity contribution in [1.29, 1.82) is 0 Å². The Morgan fingerprint density at radius 2 is 0.808 bits per heavy atom. The fourth-order valence-corrected chi connectivity index (χ4v) is 5.01. The summed E-state index contributed by atoms with van der Waals surface area (Å²) in [5, 5.41) is 0. The molecular weight excluding hydrogens is 362 g/mol. The van der Waals surface area contributed by atoms with Crippen molar-refractivity contribution in [2.24, 2.45) is 0 Å². The number of benzene rings is 3. The maximum Gasteiger partial charge on any atom is 0.550 e. The first kappa shape index (κ1) is 18.7. The van der Waals surface area contributed by atoms with Crippen LogP contribution in [0.3, 0.4) is 0 Å². The van der Waals surface area contributed by atoms with E-state index in [2.05, 4.69) is 8.93 Å². The number of hydrogen-bond donors (Lipinski definition) is 0. The second-order valence-corrected chi connectivity index (χ2v) is 9.63. The minimum absolute atomic E-state index is 0.748. The van der Waals surface area contributed by atoms with Crippen LogP contribution in [-0.2, 0) is 0 Å². The molecule has 26 heavy (non-hydrogen) atoms. The van der Waals surface area contributed by atoms with E-state index in [-0.39, 0.29) is 0 Å². The summed E-state index contributed by atoms with van der Waals surface area (Å²) in [5.41, 5.74) is 3.09. The molecule has 5 heteroatoms. The molecule has 0 radical (unpaired) electrons. The number of aryl methyl sites for hydroxylation is 3. The molecule has 0 saturated carbocycles. The maximum atomic E-state index is 6.28. The van der Waals surface area contributed by atoms with Gasteiger partial charge in [-0.15, -0.1) is 0 Å². The van der Waals surface area contributed by atoms with Gasteiger partial charge < -0.3 is 0 Å². The summed E-state index contributed by atoms with van der Waals surface area (Å²) in [5.74, 6) is 2.24. The van der Waals surface area contributed by atoms with Crippen LogP contribution in [0.5, 0.6) is 17.2 Å². The Bertz CT molecular complexity index is 780. The third-order valence-corrected chi connectivity index (χ3v) is 6.26. The van der Waals surface area contributed by atoms with Gasteiger partial charge in [0.1, 0.15) is 0 Å². The zero-order valence-corrected chi connectivity index (χ0v) is 17.2. The number of hydrogen-bond acceptors (Lipinski definition) is 3. The minimum Gasteiger partial charge on any atom is -0.270 e. The summed E-state index contributed by atoms with van der Waals surface area (Å²) in [4.78, 5) is 0. The van der Waals surface area contributed by atoms with Crippen molar-refractivity contribution < 1.29 is 13.6 Å². The largest absolute Gasteiger partial charge is 0.550 e. The van der Waals surface area contributed by atoms with Gasteiger partial charge in [0, 0.05) is 0 Å². The van der Waals surface area contributed by atoms with Gasteiger partial charge in [0.25, 0.3) is 0 Å². The Hall–Kier alpha value is -2.08. The van der Waals surface area contributed by atoms with Crippen LogP contribution in [0.15, 0.2) is 72.8 Å². The van der Waals surface area contributed by atoms with Crippen molar-refractivity contribution in [2.75, 3.05) is 0 Å². The smallest absolute Gasteiger partial charge is 0.270 e. The second-order valence-electron chi connectivity index (χ2n) is 6.11. The lowest BCUT2D eigenvalue weighted by Gasteiger charge is -2.21.